The van der Waals surface area contributed by atoms with E-state index in [1.165, 1.54) is 0 Å². The molecule has 0 fully saturated rings. The number of likely N-dealkylation sites (N-methyl/N-ethyl adjacent to an activating group) is 1. The Hall–Kier alpha value is -1.46. The van der Waals surface area contributed by atoms with Crippen LogP contribution in [-0.4, -0.2) is 45.7 Å². The molecule has 0 amide bonds. The fourth-order valence-corrected chi connectivity index (χ4v) is 2.13. The molecule has 2 aromatic heterocycles. The number of hydrogen-bond acceptors (Lipinski definition) is 4. The lowest BCUT2D eigenvalue weighted by atomic mass is 10.3. The minimum Gasteiger partial charge on any atom is -0.311 e. The number of aryl methyl sites for hydroxylation is 1. The summed E-state index contributed by atoms with van der Waals surface area (Å²) in [6.45, 7) is 11.5. The third-order valence-electron chi connectivity index (χ3n) is 3.32. The van der Waals surface area contributed by atoms with Crippen molar-refractivity contribution in [3.8, 4) is 0 Å². The second kappa shape index (κ2) is 6.63. The maximum Gasteiger partial charge on any atom is 0.155 e. The van der Waals surface area contributed by atoms with E-state index in [1.807, 2.05) is 29.9 Å². The van der Waals surface area contributed by atoms with Crippen molar-refractivity contribution < 1.29 is 0 Å². The molecule has 0 radical (unpaired) electrons. The molecule has 0 aliphatic rings. The van der Waals surface area contributed by atoms with Gasteiger partial charge in [0.15, 0.2) is 5.65 Å². The van der Waals surface area contributed by atoms with Crippen molar-refractivity contribution in [3.05, 3.63) is 29.7 Å². The van der Waals surface area contributed by atoms with Crippen LogP contribution in [0.3, 0.4) is 0 Å². The van der Waals surface area contributed by atoms with Crippen molar-refractivity contribution in [1.29, 1.82) is 0 Å². The van der Waals surface area contributed by atoms with Crippen LogP contribution < -0.4 is 5.32 Å². The highest BCUT2D eigenvalue weighted by molar-refractivity contribution is 5.38. The van der Waals surface area contributed by atoms with Crippen LogP contribution in [-0.2, 0) is 6.54 Å². The van der Waals surface area contributed by atoms with Gasteiger partial charge in [0.05, 0.1) is 5.69 Å². The van der Waals surface area contributed by atoms with Crippen LogP contribution in [0.5, 0.6) is 0 Å². The second-order valence-electron chi connectivity index (χ2n) is 4.75. The molecule has 0 unspecified atom stereocenters. The van der Waals surface area contributed by atoms with Gasteiger partial charge in [0, 0.05) is 43.7 Å². The van der Waals surface area contributed by atoms with E-state index in [2.05, 4.69) is 34.1 Å². The highest BCUT2D eigenvalue weighted by Gasteiger charge is 2.01. The first kappa shape index (κ1) is 14.0. The van der Waals surface area contributed by atoms with Gasteiger partial charge in [0.2, 0.25) is 0 Å². The number of rotatable bonds is 7. The third-order valence-corrected chi connectivity index (χ3v) is 3.32. The highest BCUT2D eigenvalue weighted by atomic mass is 15.2. The van der Waals surface area contributed by atoms with E-state index >= 15 is 0 Å². The number of fused-ring (bicyclic) bond motifs is 1. The van der Waals surface area contributed by atoms with Gasteiger partial charge in [-0.2, -0.15) is 5.10 Å². The van der Waals surface area contributed by atoms with Crippen molar-refractivity contribution in [1.82, 2.24) is 24.8 Å². The highest BCUT2D eigenvalue weighted by Crippen LogP contribution is 2.04. The molecule has 0 aliphatic heterocycles. The molecule has 0 aromatic carbocycles. The van der Waals surface area contributed by atoms with E-state index in [4.69, 9.17) is 0 Å². The predicted molar refractivity (Wildman–Crippen MR) is 77.2 cm³/mol. The summed E-state index contributed by atoms with van der Waals surface area (Å²) in [6.07, 6.45) is 3.96. The van der Waals surface area contributed by atoms with Gasteiger partial charge < -0.3 is 10.2 Å². The zero-order chi connectivity index (χ0) is 13.7. The van der Waals surface area contributed by atoms with Crippen molar-refractivity contribution in [2.75, 3.05) is 26.2 Å². The molecule has 0 atom stereocenters. The summed E-state index contributed by atoms with van der Waals surface area (Å²) in [5.74, 6) is 0. The molecule has 104 valence electrons. The number of nitrogens with zero attached hydrogens (tertiary/aromatic N) is 4. The molecular formula is C14H23N5. The lowest BCUT2D eigenvalue weighted by Crippen LogP contribution is -2.31. The first-order valence-corrected chi connectivity index (χ1v) is 6.97. The molecule has 2 aromatic rings. The lowest BCUT2D eigenvalue weighted by molar-refractivity contribution is 0.302. The van der Waals surface area contributed by atoms with Crippen LogP contribution in [0.4, 0.5) is 0 Å². The van der Waals surface area contributed by atoms with E-state index in [9.17, 15) is 0 Å². The van der Waals surface area contributed by atoms with Gasteiger partial charge in [-0.1, -0.05) is 13.8 Å². The molecule has 0 spiro atoms. The Morgan fingerprint density at radius 2 is 2.11 bits per heavy atom. The molecule has 2 rings (SSSR count). The number of aromatic nitrogens is 3. The van der Waals surface area contributed by atoms with Crippen molar-refractivity contribution >= 4 is 5.65 Å². The predicted octanol–water partition coefficient (Wildman–Crippen LogP) is 1.47. The molecule has 19 heavy (non-hydrogen) atoms. The second-order valence-corrected chi connectivity index (χ2v) is 4.75. The zero-order valence-corrected chi connectivity index (χ0v) is 12.1. The van der Waals surface area contributed by atoms with Crippen LogP contribution in [0.25, 0.3) is 5.65 Å². The minimum atomic E-state index is 0.836. The summed E-state index contributed by atoms with van der Waals surface area (Å²) in [5.41, 5.74) is 3.07. The molecular weight excluding hydrogens is 238 g/mol. The maximum atomic E-state index is 4.40. The molecule has 5 heteroatoms. The van der Waals surface area contributed by atoms with Crippen LogP contribution in [0.15, 0.2) is 18.5 Å². The fraction of sp³-hybridized carbons (Fsp3) is 0.571. The standard InChI is InChI=1S/C14H23N5/c1-4-18(5-2)7-6-15-9-13-10-16-14-8-12(3)17-19(14)11-13/h8,10-11,15H,4-7,9H2,1-3H3. The normalized spacial score (nSPS) is 11.6. The Kier molecular flexibility index (Phi) is 4.87. The molecule has 2 heterocycles. The zero-order valence-electron chi connectivity index (χ0n) is 12.1. The Labute approximate surface area is 114 Å². The van der Waals surface area contributed by atoms with E-state index in [0.717, 1.165) is 49.6 Å². The Morgan fingerprint density at radius 3 is 2.84 bits per heavy atom. The van der Waals surface area contributed by atoms with Crippen LogP contribution in [0.2, 0.25) is 0 Å². The van der Waals surface area contributed by atoms with Crippen LogP contribution in [0.1, 0.15) is 25.1 Å². The van der Waals surface area contributed by atoms with Crippen molar-refractivity contribution in [3.63, 3.8) is 0 Å². The Balaban J connectivity index is 1.84. The summed E-state index contributed by atoms with van der Waals surface area (Å²) in [4.78, 5) is 6.81. The van der Waals surface area contributed by atoms with Gasteiger partial charge >= 0.3 is 0 Å². The van der Waals surface area contributed by atoms with E-state index in [-0.39, 0.29) is 0 Å². The van der Waals surface area contributed by atoms with E-state index in [1.54, 1.807) is 0 Å². The summed E-state index contributed by atoms with van der Waals surface area (Å²) in [6, 6.07) is 1.98. The third kappa shape index (κ3) is 3.75. The Morgan fingerprint density at radius 1 is 1.32 bits per heavy atom. The number of hydrogen-bond donors (Lipinski definition) is 1. The smallest absolute Gasteiger partial charge is 0.155 e. The van der Waals surface area contributed by atoms with Crippen LogP contribution >= 0.6 is 0 Å². The maximum absolute atomic E-state index is 4.40. The van der Waals surface area contributed by atoms with Crippen LogP contribution in [0, 0.1) is 6.92 Å². The molecule has 0 saturated carbocycles. The lowest BCUT2D eigenvalue weighted by Gasteiger charge is -2.17. The average molecular weight is 261 g/mol. The van der Waals surface area contributed by atoms with Gasteiger partial charge in [0.1, 0.15) is 0 Å². The van der Waals surface area contributed by atoms with Gasteiger partial charge in [-0.15, -0.1) is 0 Å². The SMILES string of the molecule is CCN(CC)CCNCc1cnc2cc(C)nn2c1. The van der Waals surface area contributed by atoms with Crippen molar-refractivity contribution in [2.24, 2.45) is 0 Å². The number of nitrogens with one attached hydrogen (secondary N) is 1. The van der Waals surface area contributed by atoms with E-state index < -0.39 is 0 Å². The molecule has 0 bridgehead atoms. The van der Waals surface area contributed by atoms with Gasteiger partial charge in [-0.3, -0.25) is 0 Å². The minimum absolute atomic E-state index is 0.836. The largest absolute Gasteiger partial charge is 0.311 e. The summed E-state index contributed by atoms with van der Waals surface area (Å²) >= 11 is 0. The van der Waals surface area contributed by atoms with Gasteiger partial charge in [-0.05, 0) is 20.0 Å². The van der Waals surface area contributed by atoms with E-state index in [0.29, 0.717) is 0 Å². The van der Waals surface area contributed by atoms with Crippen molar-refractivity contribution in [2.45, 2.75) is 27.3 Å². The monoisotopic (exact) mass is 261 g/mol. The van der Waals surface area contributed by atoms with Gasteiger partial charge in [0.25, 0.3) is 0 Å². The summed E-state index contributed by atoms with van der Waals surface area (Å²) in [7, 11) is 0. The summed E-state index contributed by atoms with van der Waals surface area (Å²) in [5, 5.41) is 7.82. The molecule has 0 aliphatic carbocycles. The molecule has 1 N–H and O–H groups in total. The molecule has 0 saturated heterocycles. The summed E-state index contributed by atoms with van der Waals surface area (Å²) < 4.78 is 1.84. The van der Waals surface area contributed by atoms with Gasteiger partial charge in [-0.25, -0.2) is 9.50 Å². The quantitative estimate of drug-likeness (QED) is 0.767. The topological polar surface area (TPSA) is 45.5 Å². The molecule has 5 nitrogen and oxygen atoms in total. The Bertz CT molecular complexity index is 516. The fourth-order valence-electron chi connectivity index (χ4n) is 2.13. The first-order valence-electron chi connectivity index (χ1n) is 6.97. The first-order chi connectivity index (χ1) is 9.22. The average Bonchev–Trinajstić information content (AvgIpc) is 2.78.